The molecule has 2 rings (SSSR count). The molecule has 0 saturated heterocycles. The molecule has 3 heteroatoms. The average Bonchev–Trinajstić information content (AvgIpc) is 2.29. The van der Waals surface area contributed by atoms with Crippen LogP contribution in [0.5, 0.6) is 11.5 Å². The van der Waals surface area contributed by atoms with Gasteiger partial charge < -0.3 is 14.6 Å². The van der Waals surface area contributed by atoms with Crippen LogP contribution in [0.2, 0.25) is 0 Å². The van der Waals surface area contributed by atoms with Crippen LogP contribution in [0.1, 0.15) is 12.5 Å². The Balaban J connectivity index is 2.36. The van der Waals surface area contributed by atoms with E-state index in [0.717, 1.165) is 17.1 Å². The van der Waals surface area contributed by atoms with E-state index in [2.05, 4.69) is 0 Å². The van der Waals surface area contributed by atoms with Crippen molar-refractivity contribution in [2.45, 2.75) is 13.0 Å². The molecule has 0 fully saturated rings. The molecule has 0 aromatic heterocycles. The standard InChI is InChI=1S/C12H14O3/c1-2-4-9-5-3-6-11-12(9)15-10(7-13)8-14-11/h2-6,10,13H,7-8H2,1H3/b4-2+. The van der Waals surface area contributed by atoms with Crippen LogP contribution in [-0.4, -0.2) is 24.4 Å². The summed E-state index contributed by atoms with van der Waals surface area (Å²) in [5, 5.41) is 9.01. The third kappa shape index (κ3) is 1.97. The molecule has 80 valence electrons. The summed E-state index contributed by atoms with van der Waals surface area (Å²) in [6.07, 6.45) is 3.65. The van der Waals surface area contributed by atoms with E-state index in [1.165, 1.54) is 0 Å². The Morgan fingerprint density at radius 3 is 3.13 bits per heavy atom. The largest absolute Gasteiger partial charge is 0.486 e. The molecule has 1 heterocycles. The number of rotatable bonds is 2. The topological polar surface area (TPSA) is 38.7 Å². The second-order valence-electron chi connectivity index (χ2n) is 3.41. The van der Waals surface area contributed by atoms with Crippen LogP contribution in [-0.2, 0) is 0 Å². The number of aliphatic hydroxyl groups excluding tert-OH is 1. The lowest BCUT2D eigenvalue weighted by Gasteiger charge is -2.26. The van der Waals surface area contributed by atoms with Crippen molar-refractivity contribution in [3.8, 4) is 11.5 Å². The molecule has 1 aromatic rings. The van der Waals surface area contributed by atoms with Crippen molar-refractivity contribution >= 4 is 6.08 Å². The number of hydrogen-bond donors (Lipinski definition) is 1. The van der Waals surface area contributed by atoms with E-state index < -0.39 is 0 Å². The first-order valence-electron chi connectivity index (χ1n) is 5.01. The summed E-state index contributed by atoms with van der Waals surface area (Å²) >= 11 is 0. The first-order valence-corrected chi connectivity index (χ1v) is 5.01. The molecule has 0 saturated carbocycles. The van der Waals surface area contributed by atoms with Crippen LogP contribution in [0.15, 0.2) is 24.3 Å². The summed E-state index contributed by atoms with van der Waals surface area (Å²) in [6.45, 7) is 2.33. The molecule has 1 aliphatic rings. The van der Waals surface area contributed by atoms with Gasteiger partial charge in [0.1, 0.15) is 6.61 Å². The third-order valence-corrected chi connectivity index (χ3v) is 2.27. The van der Waals surface area contributed by atoms with E-state index in [1.807, 2.05) is 37.3 Å². The Morgan fingerprint density at radius 2 is 2.40 bits per heavy atom. The van der Waals surface area contributed by atoms with Gasteiger partial charge in [0.2, 0.25) is 0 Å². The third-order valence-electron chi connectivity index (χ3n) is 2.27. The molecule has 0 radical (unpaired) electrons. The van der Waals surface area contributed by atoms with Crippen LogP contribution < -0.4 is 9.47 Å². The molecule has 1 aromatic carbocycles. The van der Waals surface area contributed by atoms with Crippen molar-refractivity contribution in [3.63, 3.8) is 0 Å². The minimum absolute atomic E-state index is 0.0242. The molecule has 15 heavy (non-hydrogen) atoms. The molecule has 0 amide bonds. The van der Waals surface area contributed by atoms with Crippen molar-refractivity contribution in [1.29, 1.82) is 0 Å². The number of allylic oxidation sites excluding steroid dienone is 1. The first kappa shape index (κ1) is 10.1. The summed E-state index contributed by atoms with van der Waals surface area (Å²) in [7, 11) is 0. The molecule has 0 aliphatic carbocycles. The van der Waals surface area contributed by atoms with E-state index >= 15 is 0 Å². The van der Waals surface area contributed by atoms with E-state index in [1.54, 1.807) is 0 Å². The SMILES string of the molecule is C/C=C/c1cccc2c1OC(CO)CO2. The number of para-hydroxylation sites is 1. The highest BCUT2D eigenvalue weighted by Gasteiger charge is 2.21. The molecular formula is C12H14O3. The highest BCUT2D eigenvalue weighted by Crippen LogP contribution is 2.35. The highest BCUT2D eigenvalue weighted by molar-refractivity contribution is 5.62. The van der Waals surface area contributed by atoms with Gasteiger partial charge in [-0.25, -0.2) is 0 Å². The molecule has 1 N–H and O–H groups in total. The normalized spacial score (nSPS) is 19.5. The summed E-state index contributed by atoms with van der Waals surface area (Å²) in [5.41, 5.74) is 0.980. The quantitative estimate of drug-likeness (QED) is 0.802. The molecule has 0 spiro atoms. The number of ether oxygens (including phenoxy) is 2. The maximum absolute atomic E-state index is 9.01. The predicted molar refractivity (Wildman–Crippen MR) is 58.1 cm³/mol. The number of benzene rings is 1. The maximum Gasteiger partial charge on any atom is 0.169 e. The van der Waals surface area contributed by atoms with Crippen molar-refractivity contribution in [2.24, 2.45) is 0 Å². The number of hydrogen-bond acceptors (Lipinski definition) is 3. The fourth-order valence-corrected chi connectivity index (χ4v) is 1.56. The Morgan fingerprint density at radius 1 is 1.53 bits per heavy atom. The zero-order valence-electron chi connectivity index (χ0n) is 8.64. The lowest BCUT2D eigenvalue weighted by atomic mass is 10.1. The fourth-order valence-electron chi connectivity index (χ4n) is 1.56. The van der Waals surface area contributed by atoms with Gasteiger partial charge >= 0.3 is 0 Å². The van der Waals surface area contributed by atoms with Crippen molar-refractivity contribution in [2.75, 3.05) is 13.2 Å². The van der Waals surface area contributed by atoms with Crippen LogP contribution >= 0.6 is 0 Å². The van der Waals surface area contributed by atoms with Gasteiger partial charge in [-0.05, 0) is 13.0 Å². The Hall–Kier alpha value is -1.48. The van der Waals surface area contributed by atoms with Crippen molar-refractivity contribution in [1.82, 2.24) is 0 Å². The monoisotopic (exact) mass is 206 g/mol. The molecule has 1 unspecified atom stereocenters. The van der Waals surface area contributed by atoms with E-state index in [9.17, 15) is 0 Å². The van der Waals surface area contributed by atoms with Gasteiger partial charge in [0.05, 0.1) is 6.61 Å². The maximum atomic E-state index is 9.01. The van der Waals surface area contributed by atoms with Gasteiger partial charge in [-0.3, -0.25) is 0 Å². The van der Waals surface area contributed by atoms with E-state index in [0.29, 0.717) is 6.61 Å². The second-order valence-corrected chi connectivity index (χ2v) is 3.41. The fraction of sp³-hybridized carbons (Fsp3) is 0.333. The summed E-state index contributed by atoms with van der Waals surface area (Å²) in [4.78, 5) is 0. The van der Waals surface area contributed by atoms with Crippen molar-refractivity contribution in [3.05, 3.63) is 29.8 Å². The summed E-state index contributed by atoms with van der Waals surface area (Å²) in [5.74, 6) is 1.47. The zero-order valence-corrected chi connectivity index (χ0v) is 8.64. The minimum Gasteiger partial charge on any atom is -0.486 e. The molecule has 1 aliphatic heterocycles. The van der Waals surface area contributed by atoms with E-state index in [4.69, 9.17) is 14.6 Å². The van der Waals surface area contributed by atoms with Gasteiger partial charge in [-0.2, -0.15) is 0 Å². The van der Waals surface area contributed by atoms with Crippen LogP contribution in [0.25, 0.3) is 6.08 Å². The second kappa shape index (κ2) is 4.36. The molecular weight excluding hydrogens is 192 g/mol. The minimum atomic E-state index is -0.260. The lowest BCUT2D eigenvalue weighted by Crippen LogP contribution is -2.32. The zero-order chi connectivity index (χ0) is 10.7. The Labute approximate surface area is 88.9 Å². The van der Waals surface area contributed by atoms with E-state index in [-0.39, 0.29) is 12.7 Å². The summed E-state index contributed by atoms with van der Waals surface area (Å²) < 4.78 is 11.1. The Kier molecular flexibility index (Phi) is 2.92. The molecule has 0 bridgehead atoms. The van der Waals surface area contributed by atoms with Crippen LogP contribution in [0.3, 0.4) is 0 Å². The van der Waals surface area contributed by atoms with Crippen molar-refractivity contribution < 1.29 is 14.6 Å². The van der Waals surface area contributed by atoms with Crippen LogP contribution in [0.4, 0.5) is 0 Å². The van der Waals surface area contributed by atoms with Gasteiger partial charge in [0.25, 0.3) is 0 Å². The number of fused-ring (bicyclic) bond motifs is 1. The van der Waals surface area contributed by atoms with Gasteiger partial charge in [0, 0.05) is 5.56 Å². The highest BCUT2D eigenvalue weighted by atomic mass is 16.6. The Bertz CT molecular complexity index is 371. The van der Waals surface area contributed by atoms with Gasteiger partial charge in [-0.15, -0.1) is 0 Å². The molecule has 3 nitrogen and oxygen atoms in total. The first-order chi connectivity index (χ1) is 7.35. The lowest BCUT2D eigenvalue weighted by molar-refractivity contribution is 0.0454. The molecule has 1 atom stereocenters. The predicted octanol–water partition coefficient (Wildman–Crippen LogP) is 1.85. The smallest absolute Gasteiger partial charge is 0.169 e. The van der Waals surface area contributed by atoms with Gasteiger partial charge in [-0.1, -0.05) is 24.3 Å². The average molecular weight is 206 g/mol. The van der Waals surface area contributed by atoms with Gasteiger partial charge in [0.15, 0.2) is 17.6 Å². The summed E-state index contributed by atoms with van der Waals surface area (Å²) in [6, 6.07) is 5.76. The van der Waals surface area contributed by atoms with Crippen LogP contribution in [0, 0.1) is 0 Å². The number of aliphatic hydroxyl groups is 1.